The molecule has 3 unspecified atom stereocenters. The summed E-state index contributed by atoms with van der Waals surface area (Å²) in [5.41, 5.74) is 0. The van der Waals surface area contributed by atoms with E-state index in [4.69, 9.17) is 0 Å². The zero-order valence-corrected chi connectivity index (χ0v) is 10.6. The maximum Gasteiger partial charge on any atom is 0.126 e. The van der Waals surface area contributed by atoms with E-state index in [-0.39, 0.29) is 0 Å². The Morgan fingerprint density at radius 2 is 2.38 bits per heavy atom. The van der Waals surface area contributed by atoms with E-state index in [2.05, 4.69) is 42.0 Å². The molecule has 90 valence electrons. The molecule has 1 aliphatic rings. The number of rotatable bonds is 4. The van der Waals surface area contributed by atoms with Gasteiger partial charge in [-0.15, -0.1) is 0 Å². The van der Waals surface area contributed by atoms with Gasteiger partial charge in [-0.3, -0.25) is 0 Å². The largest absolute Gasteiger partial charge is 0.334 e. The van der Waals surface area contributed by atoms with Gasteiger partial charge >= 0.3 is 0 Å². The van der Waals surface area contributed by atoms with E-state index < -0.39 is 0 Å². The summed E-state index contributed by atoms with van der Waals surface area (Å²) >= 11 is 0. The lowest BCUT2D eigenvalue weighted by molar-refractivity contribution is 0.298. The fourth-order valence-corrected chi connectivity index (χ4v) is 3.07. The maximum atomic E-state index is 4.54. The molecule has 1 aliphatic carbocycles. The summed E-state index contributed by atoms with van der Waals surface area (Å²) in [6.45, 7) is 5.56. The van der Waals surface area contributed by atoms with Crippen LogP contribution in [0.15, 0.2) is 12.4 Å². The van der Waals surface area contributed by atoms with Gasteiger partial charge in [0.2, 0.25) is 0 Å². The summed E-state index contributed by atoms with van der Waals surface area (Å²) in [7, 11) is 2.06. The van der Waals surface area contributed by atoms with Gasteiger partial charge in [0, 0.05) is 18.9 Å². The fourth-order valence-electron chi connectivity index (χ4n) is 3.07. The molecule has 1 aromatic heterocycles. The van der Waals surface area contributed by atoms with E-state index in [1.54, 1.807) is 0 Å². The van der Waals surface area contributed by atoms with E-state index in [1.165, 1.54) is 25.1 Å². The predicted molar refractivity (Wildman–Crippen MR) is 66.2 cm³/mol. The molecule has 1 fully saturated rings. The highest BCUT2D eigenvalue weighted by Gasteiger charge is 2.32. The quantitative estimate of drug-likeness (QED) is 0.847. The van der Waals surface area contributed by atoms with Gasteiger partial charge in [-0.2, -0.15) is 0 Å². The number of nitrogens with zero attached hydrogens (tertiary/aromatic N) is 2. The summed E-state index contributed by atoms with van der Waals surface area (Å²) in [6.07, 6.45) is 8.08. The minimum Gasteiger partial charge on any atom is -0.334 e. The minimum atomic E-state index is 0.424. The Kier molecular flexibility index (Phi) is 3.64. The van der Waals surface area contributed by atoms with Crippen molar-refractivity contribution < 1.29 is 0 Å². The number of hydrogen-bond donors (Lipinski definition) is 1. The van der Waals surface area contributed by atoms with Crippen LogP contribution in [0.2, 0.25) is 0 Å². The molecule has 3 atom stereocenters. The van der Waals surface area contributed by atoms with Crippen LogP contribution in [-0.4, -0.2) is 16.6 Å². The van der Waals surface area contributed by atoms with Crippen LogP contribution >= 0.6 is 0 Å². The Hall–Kier alpha value is -0.830. The van der Waals surface area contributed by atoms with Crippen LogP contribution in [0.3, 0.4) is 0 Å². The average Bonchev–Trinajstić information content (AvgIpc) is 2.90. The summed E-state index contributed by atoms with van der Waals surface area (Å²) in [5, 5.41) is 3.47. The first-order valence-corrected chi connectivity index (χ1v) is 6.46. The molecular formula is C13H23N3. The first-order valence-electron chi connectivity index (χ1n) is 6.46. The molecule has 1 N–H and O–H groups in total. The third-order valence-electron chi connectivity index (χ3n) is 4.03. The summed E-state index contributed by atoms with van der Waals surface area (Å²) in [6, 6.07) is 0.424. The average molecular weight is 221 g/mol. The Morgan fingerprint density at radius 3 is 2.94 bits per heavy atom. The van der Waals surface area contributed by atoms with Crippen LogP contribution < -0.4 is 5.32 Å². The van der Waals surface area contributed by atoms with Crippen LogP contribution in [0.25, 0.3) is 0 Å². The van der Waals surface area contributed by atoms with Crippen molar-refractivity contribution in [3.8, 4) is 0 Å². The Balaban J connectivity index is 2.21. The molecule has 0 radical (unpaired) electrons. The van der Waals surface area contributed by atoms with Crippen molar-refractivity contribution in [2.45, 2.75) is 45.7 Å². The van der Waals surface area contributed by atoms with Gasteiger partial charge in [-0.25, -0.2) is 4.98 Å². The van der Waals surface area contributed by atoms with Crippen molar-refractivity contribution in [2.75, 3.05) is 7.05 Å². The third kappa shape index (κ3) is 2.01. The SMILES string of the molecule is CCn1ccnc1C(NC)C1CCCC1C. The van der Waals surface area contributed by atoms with Crippen molar-refractivity contribution in [3.05, 3.63) is 18.2 Å². The topological polar surface area (TPSA) is 29.9 Å². The molecule has 0 aromatic carbocycles. The molecule has 1 saturated carbocycles. The van der Waals surface area contributed by atoms with Crippen LogP contribution in [-0.2, 0) is 6.54 Å². The van der Waals surface area contributed by atoms with Gasteiger partial charge < -0.3 is 9.88 Å². The molecule has 0 amide bonds. The van der Waals surface area contributed by atoms with E-state index in [1.807, 2.05) is 6.20 Å². The molecule has 0 saturated heterocycles. The van der Waals surface area contributed by atoms with Crippen molar-refractivity contribution in [1.82, 2.24) is 14.9 Å². The number of aryl methyl sites for hydroxylation is 1. The Morgan fingerprint density at radius 1 is 1.56 bits per heavy atom. The molecule has 1 aromatic rings. The van der Waals surface area contributed by atoms with Crippen LogP contribution in [0.5, 0.6) is 0 Å². The zero-order valence-electron chi connectivity index (χ0n) is 10.6. The van der Waals surface area contributed by atoms with E-state index in [9.17, 15) is 0 Å². The van der Waals surface area contributed by atoms with E-state index in [0.717, 1.165) is 18.4 Å². The first-order chi connectivity index (χ1) is 7.77. The number of nitrogens with one attached hydrogen (secondary N) is 1. The van der Waals surface area contributed by atoms with Crippen LogP contribution in [0, 0.1) is 11.8 Å². The van der Waals surface area contributed by atoms with E-state index >= 15 is 0 Å². The second kappa shape index (κ2) is 5.00. The predicted octanol–water partition coefficient (Wildman–Crippen LogP) is 2.60. The van der Waals surface area contributed by atoms with Gasteiger partial charge in [-0.1, -0.05) is 19.8 Å². The number of aromatic nitrogens is 2. The van der Waals surface area contributed by atoms with Crippen molar-refractivity contribution in [1.29, 1.82) is 0 Å². The van der Waals surface area contributed by atoms with Gasteiger partial charge in [0.25, 0.3) is 0 Å². The van der Waals surface area contributed by atoms with Gasteiger partial charge in [0.1, 0.15) is 5.82 Å². The number of hydrogen-bond acceptors (Lipinski definition) is 2. The lowest BCUT2D eigenvalue weighted by Crippen LogP contribution is -2.29. The second-order valence-electron chi connectivity index (χ2n) is 4.91. The lowest BCUT2D eigenvalue weighted by Gasteiger charge is -2.26. The highest BCUT2D eigenvalue weighted by atomic mass is 15.1. The summed E-state index contributed by atoms with van der Waals surface area (Å²) in [4.78, 5) is 4.54. The molecular weight excluding hydrogens is 198 g/mol. The van der Waals surface area contributed by atoms with E-state index in [0.29, 0.717) is 6.04 Å². The van der Waals surface area contributed by atoms with Gasteiger partial charge in [-0.05, 0) is 32.2 Å². The molecule has 3 nitrogen and oxygen atoms in total. The first kappa shape index (κ1) is 11.6. The lowest BCUT2D eigenvalue weighted by atomic mass is 9.89. The normalized spacial score (nSPS) is 27.2. The molecule has 0 aliphatic heterocycles. The molecule has 2 rings (SSSR count). The highest BCUT2D eigenvalue weighted by molar-refractivity contribution is 5.03. The molecule has 16 heavy (non-hydrogen) atoms. The molecule has 0 spiro atoms. The Labute approximate surface area is 98.3 Å². The summed E-state index contributed by atoms with van der Waals surface area (Å²) in [5.74, 6) is 2.78. The molecule has 1 heterocycles. The van der Waals surface area contributed by atoms with Crippen LogP contribution in [0.1, 0.15) is 45.0 Å². The van der Waals surface area contributed by atoms with Crippen molar-refractivity contribution >= 4 is 0 Å². The summed E-state index contributed by atoms with van der Waals surface area (Å²) < 4.78 is 2.26. The maximum absolute atomic E-state index is 4.54. The van der Waals surface area contributed by atoms with Gasteiger partial charge in [0.05, 0.1) is 6.04 Å². The fraction of sp³-hybridized carbons (Fsp3) is 0.769. The van der Waals surface area contributed by atoms with Crippen molar-refractivity contribution in [3.63, 3.8) is 0 Å². The molecule has 3 heteroatoms. The standard InChI is InChI=1S/C13H23N3/c1-4-16-9-8-15-13(16)12(14-3)11-7-5-6-10(11)2/h8-12,14H,4-7H2,1-3H3. The smallest absolute Gasteiger partial charge is 0.126 e. The molecule has 0 bridgehead atoms. The second-order valence-corrected chi connectivity index (χ2v) is 4.91. The number of imidazole rings is 1. The Bertz CT molecular complexity index is 332. The zero-order chi connectivity index (χ0) is 11.5. The minimum absolute atomic E-state index is 0.424. The third-order valence-corrected chi connectivity index (χ3v) is 4.03. The highest BCUT2D eigenvalue weighted by Crippen LogP contribution is 2.39. The van der Waals surface area contributed by atoms with Crippen molar-refractivity contribution in [2.24, 2.45) is 11.8 Å². The van der Waals surface area contributed by atoms with Gasteiger partial charge in [0.15, 0.2) is 0 Å². The van der Waals surface area contributed by atoms with Crippen LogP contribution in [0.4, 0.5) is 0 Å². The monoisotopic (exact) mass is 221 g/mol.